The van der Waals surface area contributed by atoms with Crippen LogP contribution in [-0.4, -0.2) is 23.1 Å². The Bertz CT molecular complexity index is 838. The molecule has 3 aromatic rings. The maximum atomic E-state index is 11.2. The van der Waals surface area contributed by atoms with Crippen molar-refractivity contribution in [2.75, 3.05) is 7.05 Å². The van der Waals surface area contributed by atoms with E-state index in [9.17, 15) is 9.90 Å². The van der Waals surface area contributed by atoms with Gasteiger partial charge in [0.2, 0.25) is 0 Å². The van der Waals surface area contributed by atoms with Gasteiger partial charge in [-0.3, -0.25) is 4.98 Å². The normalized spacial score (nSPS) is 10.8. The van der Waals surface area contributed by atoms with Crippen LogP contribution in [0.1, 0.15) is 15.9 Å². The van der Waals surface area contributed by atoms with Crippen molar-refractivity contribution in [3.8, 4) is 11.1 Å². The smallest absolute Gasteiger partial charge is 0.335 e. The van der Waals surface area contributed by atoms with E-state index in [0.29, 0.717) is 12.1 Å². The Labute approximate surface area is 128 Å². The minimum Gasteiger partial charge on any atom is -0.478 e. The highest BCUT2D eigenvalue weighted by Gasteiger charge is 2.12. The molecule has 0 radical (unpaired) electrons. The second-order valence-electron chi connectivity index (χ2n) is 5.08. The van der Waals surface area contributed by atoms with Crippen molar-refractivity contribution in [3.05, 3.63) is 65.9 Å². The first-order valence-electron chi connectivity index (χ1n) is 7.05. The molecule has 0 bridgehead atoms. The number of aromatic carboxylic acids is 1. The summed E-state index contributed by atoms with van der Waals surface area (Å²) in [4.78, 5) is 15.6. The van der Waals surface area contributed by atoms with Gasteiger partial charge < -0.3 is 10.4 Å². The molecule has 0 atom stereocenters. The summed E-state index contributed by atoms with van der Waals surface area (Å²) in [5.74, 6) is -0.913. The topological polar surface area (TPSA) is 62.2 Å². The minimum atomic E-state index is -0.913. The molecule has 1 heterocycles. The number of benzene rings is 2. The summed E-state index contributed by atoms with van der Waals surface area (Å²) in [6, 6.07) is 15.2. The van der Waals surface area contributed by atoms with Gasteiger partial charge in [0.15, 0.2) is 0 Å². The molecule has 0 aliphatic heterocycles. The number of nitrogens with zero attached hydrogens (tertiary/aromatic N) is 1. The minimum absolute atomic E-state index is 0.298. The number of para-hydroxylation sites is 1. The van der Waals surface area contributed by atoms with Gasteiger partial charge in [-0.05, 0) is 48.0 Å². The van der Waals surface area contributed by atoms with E-state index in [4.69, 9.17) is 0 Å². The zero-order chi connectivity index (χ0) is 15.5. The lowest BCUT2D eigenvalue weighted by molar-refractivity contribution is 0.0697. The lowest BCUT2D eigenvalue weighted by Crippen LogP contribution is -2.08. The van der Waals surface area contributed by atoms with Crippen molar-refractivity contribution >= 4 is 16.9 Å². The summed E-state index contributed by atoms with van der Waals surface area (Å²) in [6.07, 6.45) is 1.78. The van der Waals surface area contributed by atoms with E-state index >= 15 is 0 Å². The molecular formula is C18H16N2O2. The maximum absolute atomic E-state index is 11.2. The molecule has 4 heteroatoms. The number of aromatic nitrogens is 1. The predicted molar refractivity (Wildman–Crippen MR) is 86.9 cm³/mol. The van der Waals surface area contributed by atoms with Crippen molar-refractivity contribution < 1.29 is 9.90 Å². The molecule has 22 heavy (non-hydrogen) atoms. The third kappa shape index (κ3) is 2.56. The average Bonchev–Trinajstić information content (AvgIpc) is 2.54. The molecule has 2 N–H and O–H groups in total. The molecule has 1 aromatic heterocycles. The fourth-order valence-electron chi connectivity index (χ4n) is 2.66. The van der Waals surface area contributed by atoms with E-state index in [1.807, 2.05) is 43.4 Å². The van der Waals surface area contributed by atoms with Crippen molar-refractivity contribution in [2.45, 2.75) is 6.54 Å². The Kier molecular flexibility index (Phi) is 3.85. The van der Waals surface area contributed by atoms with Crippen molar-refractivity contribution in [3.63, 3.8) is 0 Å². The number of hydrogen-bond donors (Lipinski definition) is 2. The van der Waals surface area contributed by atoms with Crippen LogP contribution in [0.5, 0.6) is 0 Å². The highest BCUT2D eigenvalue weighted by molar-refractivity contribution is 5.96. The summed E-state index contributed by atoms with van der Waals surface area (Å²) in [7, 11) is 1.85. The molecule has 0 fully saturated rings. The van der Waals surface area contributed by atoms with Gasteiger partial charge in [-0.1, -0.05) is 24.3 Å². The summed E-state index contributed by atoms with van der Waals surface area (Å²) < 4.78 is 0. The molecule has 0 saturated carbocycles. The van der Waals surface area contributed by atoms with E-state index < -0.39 is 5.97 Å². The van der Waals surface area contributed by atoms with Gasteiger partial charge in [0.25, 0.3) is 0 Å². The van der Waals surface area contributed by atoms with Crippen LogP contribution in [0.2, 0.25) is 0 Å². The second kappa shape index (κ2) is 5.95. The summed E-state index contributed by atoms with van der Waals surface area (Å²) >= 11 is 0. The number of pyridine rings is 1. The van der Waals surface area contributed by atoms with Crippen molar-refractivity contribution in [1.82, 2.24) is 10.3 Å². The van der Waals surface area contributed by atoms with Gasteiger partial charge in [-0.2, -0.15) is 0 Å². The molecule has 2 aromatic carbocycles. The highest BCUT2D eigenvalue weighted by atomic mass is 16.4. The Balaban J connectivity index is 2.23. The van der Waals surface area contributed by atoms with Gasteiger partial charge in [0.05, 0.1) is 11.1 Å². The molecule has 0 unspecified atom stereocenters. The lowest BCUT2D eigenvalue weighted by Gasteiger charge is -2.12. The third-order valence-electron chi connectivity index (χ3n) is 3.66. The predicted octanol–water partition coefficient (Wildman–Crippen LogP) is 3.32. The number of hydrogen-bond acceptors (Lipinski definition) is 3. The lowest BCUT2D eigenvalue weighted by atomic mass is 9.95. The molecule has 0 aliphatic carbocycles. The monoisotopic (exact) mass is 292 g/mol. The maximum Gasteiger partial charge on any atom is 0.335 e. The van der Waals surface area contributed by atoms with Crippen LogP contribution < -0.4 is 5.32 Å². The molecule has 0 spiro atoms. The molecule has 3 rings (SSSR count). The Hall–Kier alpha value is -2.72. The van der Waals surface area contributed by atoms with E-state index in [0.717, 1.165) is 27.6 Å². The van der Waals surface area contributed by atoms with E-state index in [1.54, 1.807) is 18.3 Å². The summed E-state index contributed by atoms with van der Waals surface area (Å²) in [6.45, 7) is 0.604. The van der Waals surface area contributed by atoms with Crippen LogP contribution >= 0.6 is 0 Å². The highest BCUT2D eigenvalue weighted by Crippen LogP contribution is 2.30. The molecule has 0 aliphatic rings. The van der Waals surface area contributed by atoms with Gasteiger partial charge in [-0.25, -0.2) is 4.79 Å². The van der Waals surface area contributed by atoms with Crippen LogP contribution in [0.4, 0.5) is 0 Å². The first kappa shape index (κ1) is 14.2. The fourth-order valence-corrected chi connectivity index (χ4v) is 2.66. The number of nitrogens with one attached hydrogen (secondary N) is 1. The van der Waals surface area contributed by atoms with E-state index in [2.05, 4.69) is 10.3 Å². The number of fused-ring (bicyclic) bond motifs is 1. The van der Waals surface area contributed by atoms with Gasteiger partial charge in [-0.15, -0.1) is 0 Å². The Morgan fingerprint density at radius 2 is 1.95 bits per heavy atom. The van der Waals surface area contributed by atoms with Crippen molar-refractivity contribution in [2.24, 2.45) is 0 Å². The van der Waals surface area contributed by atoms with Crippen LogP contribution in [0.3, 0.4) is 0 Å². The zero-order valence-electron chi connectivity index (χ0n) is 12.2. The van der Waals surface area contributed by atoms with Gasteiger partial charge >= 0.3 is 5.97 Å². The molecule has 110 valence electrons. The standard InChI is InChI=1S/C18H16N2O2/c1-19-11-13-10-12(18(21)22)6-7-14(13)15-8-9-20-17-5-3-2-4-16(15)17/h2-10,19H,11H2,1H3,(H,21,22). The number of carboxylic acids is 1. The Morgan fingerprint density at radius 1 is 1.14 bits per heavy atom. The van der Waals surface area contributed by atoms with Gasteiger partial charge in [0, 0.05) is 18.1 Å². The molecular weight excluding hydrogens is 276 g/mol. The number of carboxylic acid groups (broad SMARTS) is 1. The Morgan fingerprint density at radius 3 is 2.73 bits per heavy atom. The van der Waals surface area contributed by atoms with Crippen LogP contribution in [0, 0.1) is 0 Å². The molecule has 0 saturated heterocycles. The quantitative estimate of drug-likeness (QED) is 0.774. The van der Waals surface area contributed by atoms with Gasteiger partial charge in [0.1, 0.15) is 0 Å². The second-order valence-corrected chi connectivity index (χ2v) is 5.08. The largest absolute Gasteiger partial charge is 0.478 e. The zero-order valence-corrected chi connectivity index (χ0v) is 12.2. The summed E-state index contributed by atoms with van der Waals surface area (Å²) in [5, 5.41) is 13.3. The van der Waals surface area contributed by atoms with Crippen molar-refractivity contribution in [1.29, 1.82) is 0 Å². The van der Waals surface area contributed by atoms with E-state index in [1.165, 1.54) is 0 Å². The summed E-state index contributed by atoms with van der Waals surface area (Å²) in [5.41, 5.74) is 4.27. The SMILES string of the molecule is CNCc1cc(C(=O)O)ccc1-c1ccnc2ccccc12. The van der Waals surface area contributed by atoms with Crippen LogP contribution in [0.25, 0.3) is 22.0 Å². The number of carbonyl (C=O) groups is 1. The fraction of sp³-hybridized carbons (Fsp3) is 0.111. The van der Waals surface area contributed by atoms with Crippen LogP contribution in [-0.2, 0) is 6.54 Å². The van der Waals surface area contributed by atoms with E-state index in [-0.39, 0.29) is 0 Å². The first-order valence-corrected chi connectivity index (χ1v) is 7.05. The molecule has 4 nitrogen and oxygen atoms in total. The number of rotatable bonds is 4. The van der Waals surface area contributed by atoms with Crippen LogP contribution in [0.15, 0.2) is 54.7 Å². The first-order chi connectivity index (χ1) is 10.7. The average molecular weight is 292 g/mol. The molecule has 0 amide bonds. The third-order valence-corrected chi connectivity index (χ3v) is 3.66.